The van der Waals surface area contributed by atoms with Crippen LogP contribution in [0.4, 0.5) is 5.69 Å². The average molecular weight is 384 g/mol. The summed E-state index contributed by atoms with van der Waals surface area (Å²) in [6.07, 6.45) is 0.268. The number of para-hydroxylation sites is 1. The standard InChI is InChI=1S/C25H24N2O2/c28-24-16-22(19-26(24)17-20-10-4-1-5-11-20)25(29)27(23-14-8-3-9-15-23)18-21-12-6-2-7-13-21/h1-15,22H,16-19H2. The van der Waals surface area contributed by atoms with Gasteiger partial charge in [-0.15, -0.1) is 0 Å². The van der Waals surface area contributed by atoms with Crippen LogP contribution < -0.4 is 4.90 Å². The van der Waals surface area contributed by atoms with Crippen molar-refractivity contribution >= 4 is 17.5 Å². The van der Waals surface area contributed by atoms with E-state index in [1.165, 1.54) is 0 Å². The van der Waals surface area contributed by atoms with Gasteiger partial charge in [-0.25, -0.2) is 0 Å². The van der Waals surface area contributed by atoms with Gasteiger partial charge < -0.3 is 9.80 Å². The number of benzene rings is 3. The molecule has 1 atom stereocenters. The molecule has 1 heterocycles. The summed E-state index contributed by atoms with van der Waals surface area (Å²) in [5.74, 6) is -0.279. The fraction of sp³-hybridized carbons (Fsp3) is 0.200. The number of amides is 2. The fourth-order valence-corrected chi connectivity index (χ4v) is 3.78. The molecule has 0 bridgehead atoms. The van der Waals surface area contributed by atoms with E-state index in [1.807, 2.05) is 91.0 Å². The molecule has 3 aromatic carbocycles. The van der Waals surface area contributed by atoms with Gasteiger partial charge in [0.15, 0.2) is 0 Å². The van der Waals surface area contributed by atoms with Crippen molar-refractivity contribution in [3.8, 4) is 0 Å². The number of nitrogens with zero attached hydrogens (tertiary/aromatic N) is 2. The second-order valence-electron chi connectivity index (χ2n) is 7.41. The van der Waals surface area contributed by atoms with E-state index in [-0.39, 0.29) is 24.2 Å². The van der Waals surface area contributed by atoms with Gasteiger partial charge >= 0.3 is 0 Å². The van der Waals surface area contributed by atoms with Crippen LogP contribution in [-0.2, 0) is 22.7 Å². The predicted molar refractivity (Wildman–Crippen MR) is 114 cm³/mol. The highest BCUT2D eigenvalue weighted by atomic mass is 16.2. The SMILES string of the molecule is O=C1CC(C(=O)N(Cc2ccccc2)c2ccccc2)CN1Cc1ccccc1. The molecule has 29 heavy (non-hydrogen) atoms. The van der Waals surface area contributed by atoms with E-state index in [2.05, 4.69) is 0 Å². The van der Waals surface area contributed by atoms with Crippen LogP contribution in [-0.4, -0.2) is 23.3 Å². The number of carbonyl (C=O) groups excluding carboxylic acids is 2. The Kier molecular flexibility index (Phi) is 5.71. The first kappa shape index (κ1) is 18.9. The van der Waals surface area contributed by atoms with Gasteiger partial charge in [-0.05, 0) is 23.3 Å². The number of likely N-dealkylation sites (tertiary alicyclic amines) is 1. The van der Waals surface area contributed by atoms with Crippen molar-refractivity contribution in [2.24, 2.45) is 5.92 Å². The van der Waals surface area contributed by atoms with Crippen LogP contribution in [0.15, 0.2) is 91.0 Å². The van der Waals surface area contributed by atoms with Crippen LogP contribution >= 0.6 is 0 Å². The van der Waals surface area contributed by atoms with E-state index in [0.29, 0.717) is 19.6 Å². The predicted octanol–water partition coefficient (Wildman–Crippen LogP) is 4.27. The molecular formula is C25H24N2O2. The number of anilines is 1. The van der Waals surface area contributed by atoms with Gasteiger partial charge in [0.2, 0.25) is 11.8 Å². The Morgan fingerprint density at radius 1 is 0.828 bits per heavy atom. The van der Waals surface area contributed by atoms with E-state index < -0.39 is 0 Å². The van der Waals surface area contributed by atoms with Crippen LogP contribution in [0.2, 0.25) is 0 Å². The first-order chi connectivity index (χ1) is 14.2. The molecule has 0 aliphatic carbocycles. The second-order valence-corrected chi connectivity index (χ2v) is 7.41. The molecule has 1 aliphatic heterocycles. The molecule has 0 aromatic heterocycles. The van der Waals surface area contributed by atoms with E-state index in [0.717, 1.165) is 16.8 Å². The molecule has 0 spiro atoms. The summed E-state index contributed by atoms with van der Waals surface area (Å²) in [4.78, 5) is 29.6. The van der Waals surface area contributed by atoms with E-state index in [4.69, 9.17) is 0 Å². The van der Waals surface area contributed by atoms with Gasteiger partial charge in [0, 0.05) is 25.2 Å². The van der Waals surface area contributed by atoms with Gasteiger partial charge in [-0.3, -0.25) is 9.59 Å². The lowest BCUT2D eigenvalue weighted by molar-refractivity contribution is -0.128. The normalized spacial score (nSPS) is 16.1. The molecule has 0 saturated carbocycles. The third-order valence-corrected chi connectivity index (χ3v) is 5.30. The zero-order valence-electron chi connectivity index (χ0n) is 16.3. The fourth-order valence-electron chi connectivity index (χ4n) is 3.78. The molecule has 1 unspecified atom stereocenters. The summed E-state index contributed by atoms with van der Waals surface area (Å²) in [5, 5.41) is 0. The molecule has 4 heteroatoms. The van der Waals surface area contributed by atoms with Gasteiger partial charge in [0.1, 0.15) is 0 Å². The largest absolute Gasteiger partial charge is 0.338 e. The zero-order chi connectivity index (χ0) is 20.1. The molecule has 1 fully saturated rings. The average Bonchev–Trinajstić information content (AvgIpc) is 3.14. The Morgan fingerprint density at radius 3 is 2.00 bits per heavy atom. The summed E-state index contributed by atoms with van der Waals surface area (Å²) in [7, 11) is 0. The van der Waals surface area contributed by atoms with Crippen molar-refractivity contribution in [2.45, 2.75) is 19.5 Å². The quantitative estimate of drug-likeness (QED) is 0.637. The van der Waals surface area contributed by atoms with E-state index in [9.17, 15) is 9.59 Å². The van der Waals surface area contributed by atoms with Crippen molar-refractivity contribution < 1.29 is 9.59 Å². The van der Waals surface area contributed by atoms with Crippen molar-refractivity contribution in [1.29, 1.82) is 0 Å². The minimum atomic E-state index is -0.324. The van der Waals surface area contributed by atoms with Crippen molar-refractivity contribution in [3.63, 3.8) is 0 Å². The Morgan fingerprint density at radius 2 is 1.38 bits per heavy atom. The van der Waals surface area contributed by atoms with Crippen LogP contribution in [0, 0.1) is 5.92 Å². The molecule has 0 N–H and O–H groups in total. The lowest BCUT2D eigenvalue weighted by Gasteiger charge is -2.26. The summed E-state index contributed by atoms with van der Waals surface area (Å²) in [6.45, 7) is 1.51. The molecule has 4 nitrogen and oxygen atoms in total. The topological polar surface area (TPSA) is 40.6 Å². The van der Waals surface area contributed by atoms with Gasteiger partial charge in [0.05, 0.1) is 12.5 Å². The Balaban J connectivity index is 1.52. The Hall–Kier alpha value is -3.40. The molecule has 1 saturated heterocycles. The zero-order valence-corrected chi connectivity index (χ0v) is 16.3. The molecule has 3 aromatic rings. The van der Waals surface area contributed by atoms with Crippen LogP contribution in [0.5, 0.6) is 0 Å². The second kappa shape index (κ2) is 8.74. The summed E-state index contributed by atoms with van der Waals surface area (Å²) in [6, 6.07) is 29.6. The maximum atomic E-state index is 13.4. The highest BCUT2D eigenvalue weighted by Crippen LogP contribution is 2.26. The monoisotopic (exact) mass is 384 g/mol. The Bertz CT molecular complexity index is 958. The molecule has 0 radical (unpaired) electrons. The van der Waals surface area contributed by atoms with Gasteiger partial charge in [-0.1, -0.05) is 78.9 Å². The molecule has 4 rings (SSSR count). The summed E-state index contributed by atoms with van der Waals surface area (Å²) < 4.78 is 0. The number of hydrogen-bond donors (Lipinski definition) is 0. The van der Waals surface area contributed by atoms with E-state index in [1.54, 1.807) is 9.80 Å². The first-order valence-electron chi connectivity index (χ1n) is 9.93. The third-order valence-electron chi connectivity index (χ3n) is 5.30. The highest BCUT2D eigenvalue weighted by molar-refractivity contribution is 5.99. The highest BCUT2D eigenvalue weighted by Gasteiger charge is 2.36. The third kappa shape index (κ3) is 4.54. The minimum absolute atomic E-state index is 0.00367. The summed E-state index contributed by atoms with van der Waals surface area (Å²) >= 11 is 0. The van der Waals surface area contributed by atoms with Crippen molar-refractivity contribution in [2.75, 3.05) is 11.4 Å². The maximum Gasteiger partial charge on any atom is 0.232 e. The Labute approximate surface area is 171 Å². The van der Waals surface area contributed by atoms with Crippen molar-refractivity contribution in [3.05, 3.63) is 102 Å². The van der Waals surface area contributed by atoms with Gasteiger partial charge in [-0.2, -0.15) is 0 Å². The molecular weight excluding hydrogens is 360 g/mol. The molecule has 1 aliphatic rings. The van der Waals surface area contributed by atoms with Crippen molar-refractivity contribution in [1.82, 2.24) is 4.90 Å². The molecule has 2 amide bonds. The lowest BCUT2D eigenvalue weighted by Crippen LogP contribution is -2.37. The van der Waals surface area contributed by atoms with Crippen LogP contribution in [0.1, 0.15) is 17.5 Å². The van der Waals surface area contributed by atoms with Crippen LogP contribution in [0.25, 0.3) is 0 Å². The van der Waals surface area contributed by atoms with Gasteiger partial charge in [0.25, 0.3) is 0 Å². The smallest absolute Gasteiger partial charge is 0.232 e. The number of hydrogen-bond acceptors (Lipinski definition) is 2. The number of rotatable bonds is 6. The summed E-state index contributed by atoms with van der Waals surface area (Å²) in [5.41, 5.74) is 3.00. The van der Waals surface area contributed by atoms with Crippen LogP contribution in [0.3, 0.4) is 0 Å². The first-order valence-corrected chi connectivity index (χ1v) is 9.93. The lowest BCUT2D eigenvalue weighted by atomic mass is 10.1. The maximum absolute atomic E-state index is 13.4. The number of carbonyl (C=O) groups is 2. The molecule has 146 valence electrons. The van der Waals surface area contributed by atoms with E-state index >= 15 is 0 Å². The minimum Gasteiger partial charge on any atom is -0.338 e.